The smallest absolute Gasteiger partial charge is 0.0267 e. The molecule has 0 atom stereocenters. The first-order chi connectivity index (χ1) is 4.41. The summed E-state index contributed by atoms with van der Waals surface area (Å²) in [6, 6.07) is 0. The molecule has 0 fully saturated rings. The number of rotatable bonds is 3. The van der Waals surface area contributed by atoms with Crippen LogP contribution in [0, 0.1) is 0 Å². The van der Waals surface area contributed by atoms with E-state index in [1.807, 2.05) is 19.1 Å². The van der Waals surface area contributed by atoms with Crippen LogP contribution in [0.15, 0.2) is 42.1 Å². The Hall–Kier alpha value is -1.11. The van der Waals surface area contributed by atoms with Crippen LogP contribution >= 0.6 is 0 Å². The van der Waals surface area contributed by atoms with E-state index < -0.39 is 0 Å². The van der Waals surface area contributed by atoms with Crippen LogP contribution in [0.2, 0.25) is 0 Å². The van der Waals surface area contributed by atoms with Crippen LogP contribution in [-0.2, 0) is 0 Å². The van der Waals surface area contributed by atoms with Crippen LogP contribution in [0.25, 0.3) is 0 Å². The van der Waals surface area contributed by atoms with Gasteiger partial charge < -0.3 is 0 Å². The van der Waals surface area contributed by atoms with Crippen LogP contribution in [0.4, 0.5) is 0 Å². The largest absolute Gasteiger partial charge is 0.265 e. The van der Waals surface area contributed by atoms with E-state index in [4.69, 9.17) is 0 Å². The van der Waals surface area contributed by atoms with E-state index in [1.54, 1.807) is 24.6 Å². The van der Waals surface area contributed by atoms with Crippen LogP contribution in [0.3, 0.4) is 0 Å². The van der Waals surface area contributed by atoms with Gasteiger partial charge in [0.05, 0.1) is 0 Å². The molecule has 0 aliphatic rings. The fraction of sp³-hybridized carbons (Fsp3) is 0.125. The van der Waals surface area contributed by atoms with Gasteiger partial charge in [-0.3, -0.25) is 4.99 Å². The van der Waals surface area contributed by atoms with Gasteiger partial charge in [0, 0.05) is 12.4 Å². The van der Waals surface area contributed by atoms with Crippen molar-refractivity contribution in [2.24, 2.45) is 4.99 Å². The minimum atomic E-state index is 1.69. The fourth-order valence-corrected chi connectivity index (χ4v) is 0.296. The molecule has 0 unspecified atom stereocenters. The van der Waals surface area contributed by atoms with Crippen LogP contribution in [-0.4, -0.2) is 6.21 Å². The lowest BCUT2D eigenvalue weighted by molar-refractivity contribution is 1.59. The molecule has 0 aliphatic carbocycles. The Morgan fingerprint density at radius 2 is 2.11 bits per heavy atom. The number of aliphatic imine (C=N–C) groups is 1. The van der Waals surface area contributed by atoms with Crippen molar-refractivity contribution < 1.29 is 0 Å². The maximum atomic E-state index is 3.89. The van der Waals surface area contributed by atoms with E-state index in [9.17, 15) is 0 Å². The summed E-state index contributed by atoms with van der Waals surface area (Å²) in [6.07, 6.45) is 10.7. The van der Waals surface area contributed by atoms with E-state index in [2.05, 4.69) is 11.6 Å². The third kappa shape index (κ3) is 6.89. The number of allylic oxidation sites excluding steroid dienone is 4. The average Bonchev–Trinajstić information content (AvgIpc) is 1.89. The van der Waals surface area contributed by atoms with Crippen LogP contribution in [0.1, 0.15) is 6.92 Å². The van der Waals surface area contributed by atoms with Gasteiger partial charge in [-0.25, -0.2) is 0 Å². The van der Waals surface area contributed by atoms with Gasteiger partial charge in [0.15, 0.2) is 0 Å². The molecule has 0 bridgehead atoms. The van der Waals surface area contributed by atoms with E-state index in [0.717, 1.165) is 0 Å². The molecule has 0 spiro atoms. The Balaban J connectivity index is 3.46. The molecule has 1 heteroatoms. The summed E-state index contributed by atoms with van der Waals surface area (Å²) in [6.45, 7) is 5.45. The SMILES string of the molecule is C=CC=CN=CC=CC. The molecule has 0 aromatic rings. The van der Waals surface area contributed by atoms with Gasteiger partial charge in [0.1, 0.15) is 0 Å². The number of hydrogen-bond donors (Lipinski definition) is 0. The van der Waals surface area contributed by atoms with Crippen LogP contribution < -0.4 is 0 Å². The van der Waals surface area contributed by atoms with Crippen molar-refractivity contribution in [1.29, 1.82) is 0 Å². The topological polar surface area (TPSA) is 12.4 Å². The number of hydrogen-bond acceptors (Lipinski definition) is 1. The zero-order chi connectivity index (χ0) is 6.95. The van der Waals surface area contributed by atoms with Crippen molar-refractivity contribution >= 4 is 6.21 Å². The quantitative estimate of drug-likeness (QED) is 0.401. The minimum Gasteiger partial charge on any atom is -0.265 e. The second kappa shape index (κ2) is 6.89. The molecule has 0 saturated heterocycles. The monoisotopic (exact) mass is 121 g/mol. The first-order valence-electron chi connectivity index (χ1n) is 2.84. The Bertz CT molecular complexity index is 141. The van der Waals surface area contributed by atoms with Gasteiger partial charge in [-0.1, -0.05) is 18.7 Å². The second-order valence-electron chi connectivity index (χ2n) is 1.40. The standard InChI is InChI=1S/C8H11N/c1-3-5-7-9-8-6-4-2/h3-8H,1H2,2H3. The highest BCUT2D eigenvalue weighted by Crippen LogP contribution is 1.74. The van der Waals surface area contributed by atoms with E-state index in [-0.39, 0.29) is 0 Å². The highest BCUT2D eigenvalue weighted by molar-refractivity contribution is 5.71. The van der Waals surface area contributed by atoms with Crippen molar-refractivity contribution in [1.82, 2.24) is 0 Å². The fourth-order valence-electron chi connectivity index (χ4n) is 0.296. The van der Waals surface area contributed by atoms with E-state index in [1.165, 1.54) is 0 Å². The lowest BCUT2D eigenvalue weighted by Gasteiger charge is -1.70. The molecule has 0 rings (SSSR count). The third-order valence-corrected chi connectivity index (χ3v) is 0.673. The summed E-state index contributed by atoms with van der Waals surface area (Å²) >= 11 is 0. The lowest BCUT2D eigenvalue weighted by Crippen LogP contribution is -1.57. The van der Waals surface area contributed by atoms with Gasteiger partial charge in [-0.05, 0) is 19.1 Å². The Morgan fingerprint density at radius 1 is 1.33 bits per heavy atom. The molecular formula is C8H11N. The summed E-state index contributed by atoms with van der Waals surface area (Å²) < 4.78 is 0. The molecule has 48 valence electrons. The molecule has 0 aliphatic heterocycles. The van der Waals surface area contributed by atoms with Gasteiger partial charge in [0.25, 0.3) is 0 Å². The Labute approximate surface area is 56.1 Å². The first-order valence-corrected chi connectivity index (χ1v) is 2.84. The van der Waals surface area contributed by atoms with Gasteiger partial charge >= 0.3 is 0 Å². The maximum Gasteiger partial charge on any atom is 0.0267 e. The molecular weight excluding hydrogens is 110 g/mol. The Kier molecular flexibility index (Phi) is 6.04. The molecule has 0 saturated carbocycles. The predicted octanol–water partition coefficient (Wildman–Crippen LogP) is 2.33. The van der Waals surface area contributed by atoms with E-state index in [0.29, 0.717) is 0 Å². The van der Waals surface area contributed by atoms with Gasteiger partial charge in [-0.15, -0.1) is 0 Å². The summed E-state index contributed by atoms with van der Waals surface area (Å²) in [5.74, 6) is 0. The highest BCUT2D eigenvalue weighted by Gasteiger charge is 1.57. The van der Waals surface area contributed by atoms with E-state index >= 15 is 0 Å². The number of nitrogens with zero attached hydrogens (tertiary/aromatic N) is 1. The van der Waals surface area contributed by atoms with Crippen molar-refractivity contribution in [3.63, 3.8) is 0 Å². The lowest BCUT2D eigenvalue weighted by atomic mass is 10.5. The molecule has 0 N–H and O–H groups in total. The third-order valence-electron chi connectivity index (χ3n) is 0.673. The van der Waals surface area contributed by atoms with Gasteiger partial charge in [-0.2, -0.15) is 0 Å². The zero-order valence-corrected chi connectivity index (χ0v) is 5.62. The summed E-state index contributed by atoms with van der Waals surface area (Å²) in [5.41, 5.74) is 0. The molecule has 0 radical (unpaired) electrons. The zero-order valence-electron chi connectivity index (χ0n) is 5.62. The predicted molar refractivity (Wildman–Crippen MR) is 42.6 cm³/mol. The summed E-state index contributed by atoms with van der Waals surface area (Å²) in [7, 11) is 0. The Morgan fingerprint density at radius 3 is 2.67 bits per heavy atom. The normalized spacial score (nSPS) is 12.1. The molecule has 0 aromatic heterocycles. The van der Waals surface area contributed by atoms with Crippen molar-refractivity contribution in [3.8, 4) is 0 Å². The highest BCUT2D eigenvalue weighted by atomic mass is 14.6. The molecule has 0 aromatic carbocycles. The molecule has 9 heavy (non-hydrogen) atoms. The molecule has 0 heterocycles. The molecule has 1 nitrogen and oxygen atoms in total. The maximum absolute atomic E-state index is 3.89. The summed E-state index contributed by atoms with van der Waals surface area (Å²) in [5, 5.41) is 0. The summed E-state index contributed by atoms with van der Waals surface area (Å²) in [4.78, 5) is 3.89. The van der Waals surface area contributed by atoms with Crippen molar-refractivity contribution in [2.45, 2.75) is 6.92 Å². The van der Waals surface area contributed by atoms with Crippen molar-refractivity contribution in [2.75, 3.05) is 0 Å². The second-order valence-corrected chi connectivity index (χ2v) is 1.40. The minimum absolute atomic E-state index is 1.69. The van der Waals surface area contributed by atoms with Crippen molar-refractivity contribution in [3.05, 3.63) is 37.1 Å². The average molecular weight is 121 g/mol. The molecule has 0 amide bonds. The van der Waals surface area contributed by atoms with Crippen LogP contribution in [0.5, 0.6) is 0 Å². The first kappa shape index (κ1) is 7.89. The van der Waals surface area contributed by atoms with Gasteiger partial charge in [0.2, 0.25) is 0 Å².